The average Bonchev–Trinajstić information content (AvgIpc) is 2.65. The number of ether oxygens (including phenoxy) is 1. The van der Waals surface area contributed by atoms with Crippen molar-refractivity contribution < 1.29 is 14.6 Å². The Labute approximate surface area is 151 Å². The average molecular weight is 348 g/mol. The maximum atomic E-state index is 11.0. The predicted octanol–water partition coefficient (Wildman–Crippen LogP) is 3.14. The summed E-state index contributed by atoms with van der Waals surface area (Å²) in [5.74, 6) is 0.124. The molecule has 0 aliphatic heterocycles. The van der Waals surface area contributed by atoms with E-state index in [1.807, 2.05) is 12.1 Å². The molecular formula is C20H32N2O3. The number of carboxylic acids is 1. The highest BCUT2D eigenvalue weighted by Gasteiger charge is 2.25. The van der Waals surface area contributed by atoms with E-state index >= 15 is 0 Å². The lowest BCUT2D eigenvalue weighted by atomic mass is 9.86. The Morgan fingerprint density at radius 3 is 2.36 bits per heavy atom. The van der Waals surface area contributed by atoms with Gasteiger partial charge in [0.2, 0.25) is 0 Å². The van der Waals surface area contributed by atoms with Gasteiger partial charge in [-0.2, -0.15) is 0 Å². The van der Waals surface area contributed by atoms with Crippen molar-refractivity contribution in [2.24, 2.45) is 5.92 Å². The molecule has 0 atom stereocenters. The van der Waals surface area contributed by atoms with Crippen LogP contribution in [-0.2, 0) is 11.3 Å². The van der Waals surface area contributed by atoms with Gasteiger partial charge in [0.25, 0.3) is 0 Å². The Morgan fingerprint density at radius 2 is 1.80 bits per heavy atom. The first kappa shape index (κ1) is 19.7. The largest absolute Gasteiger partial charge is 0.492 e. The van der Waals surface area contributed by atoms with Crippen LogP contribution in [0.5, 0.6) is 5.75 Å². The second-order valence-corrected chi connectivity index (χ2v) is 6.79. The Balaban J connectivity index is 1.67. The fourth-order valence-corrected chi connectivity index (χ4v) is 3.34. The first-order valence-electron chi connectivity index (χ1n) is 9.52. The number of benzene rings is 1. The van der Waals surface area contributed by atoms with E-state index in [0.29, 0.717) is 12.6 Å². The van der Waals surface area contributed by atoms with Gasteiger partial charge in [-0.3, -0.25) is 4.79 Å². The van der Waals surface area contributed by atoms with Crippen LogP contribution in [0, 0.1) is 5.92 Å². The Morgan fingerprint density at radius 1 is 1.16 bits per heavy atom. The molecule has 2 rings (SSSR count). The number of carbonyl (C=O) groups is 1. The molecule has 25 heavy (non-hydrogen) atoms. The molecule has 0 unspecified atom stereocenters. The SMILES string of the molecule is CCN(CC)CCOc1ccc(CNC2CCC(C(=O)O)CC2)cc1. The van der Waals surface area contributed by atoms with Gasteiger partial charge in [0.05, 0.1) is 5.92 Å². The van der Waals surface area contributed by atoms with Crippen LogP contribution in [-0.4, -0.2) is 48.3 Å². The summed E-state index contributed by atoms with van der Waals surface area (Å²) in [5.41, 5.74) is 1.23. The zero-order valence-corrected chi connectivity index (χ0v) is 15.5. The van der Waals surface area contributed by atoms with Crippen molar-refractivity contribution in [3.8, 4) is 5.75 Å². The number of nitrogens with zero attached hydrogens (tertiary/aromatic N) is 1. The third-order valence-corrected chi connectivity index (χ3v) is 5.17. The quantitative estimate of drug-likeness (QED) is 0.680. The molecule has 0 amide bonds. The predicted molar refractivity (Wildman–Crippen MR) is 99.9 cm³/mol. The van der Waals surface area contributed by atoms with Gasteiger partial charge in [-0.15, -0.1) is 0 Å². The molecule has 0 saturated heterocycles. The summed E-state index contributed by atoms with van der Waals surface area (Å²) in [6.07, 6.45) is 3.46. The van der Waals surface area contributed by atoms with Crippen LogP contribution in [0.3, 0.4) is 0 Å². The minimum Gasteiger partial charge on any atom is -0.492 e. The maximum Gasteiger partial charge on any atom is 0.306 e. The van der Waals surface area contributed by atoms with Gasteiger partial charge in [0, 0.05) is 19.1 Å². The third kappa shape index (κ3) is 6.67. The standard InChI is InChI=1S/C20H32N2O3/c1-3-22(4-2)13-14-25-19-11-5-16(6-12-19)15-21-18-9-7-17(8-10-18)20(23)24/h5-6,11-12,17-18,21H,3-4,7-10,13-15H2,1-2H3,(H,23,24). The van der Waals surface area contributed by atoms with Crippen LogP contribution in [0.4, 0.5) is 0 Å². The molecule has 1 fully saturated rings. The molecule has 140 valence electrons. The molecule has 0 spiro atoms. The van der Waals surface area contributed by atoms with Crippen LogP contribution < -0.4 is 10.1 Å². The van der Waals surface area contributed by atoms with Gasteiger partial charge in [-0.05, 0) is 56.5 Å². The summed E-state index contributed by atoms with van der Waals surface area (Å²) in [6.45, 7) is 8.93. The monoisotopic (exact) mass is 348 g/mol. The Kier molecular flexibility index (Phi) is 8.22. The molecule has 5 heteroatoms. The molecule has 1 saturated carbocycles. The first-order chi connectivity index (χ1) is 12.1. The van der Waals surface area contributed by atoms with Crippen molar-refractivity contribution >= 4 is 5.97 Å². The fourth-order valence-electron chi connectivity index (χ4n) is 3.34. The summed E-state index contributed by atoms with van der Waals surface area (Å²) in [5, 5.41) is 12.6. The summed E-state index contributed by atoms with van der Waals surface area (Å²) in [4.78, 5) is 13.3. The summed E-state index contributed by atoms with van der Waals surface area (Å²) in [6, 6.07) is 8.69. The second kappa shape index (κ2) is 10.4. The van der Waals surface area contributed by atoms with Gasteiger partial charge >= 0.3 is 5.97 Å². The Bertz CT molecular complexity index is 506. The maximum absolute atomic E-state index is 11.0. The molecule has 1 aromatic carbocycles. The molecule has 5 nitrogen and oxygen atoms in total. The lowest BCUT2D eigenvalue weighted by Crippen LogP contribution is -2.34. The molecular weight excluding hydrogens is 316 g/mol. The number of likely N-dealkylation sites (N-methyl/N-ethyl adjacent to an activating group) is 1. The smallest absolute Gasteiger partial charge is 0.306 e. The third-order valence-electron chi connectivity index (χ3n) is 5.17. The van der Waals surface area contributed by atoms with Gasteiger partial charge in [0.15, 0.2) is 0 Å². The van der Waals surface area contributed by atoms with Crippen molar-refractivity contribution in [3.05, 3.63) is 29.8 Å². The number of hydrogen-bond acceptors (Lipinski definition) is 4. The molecule has 1 aromatic rings. The summed E-state index contributed by atoms with van der Waals surface area (Å²) >= 11 is 0. The zero-order valence-electron chi connectivity index (χ0n) is 15.5. The van der Waals surface area contributed by atoms with Crippen LogP contribution in [0.25, 0.3) is 0 Å². The zero-order chi connectivity index (χ0) is 18.1. The van der Waals surface area contributed by atoms with Gasteiger partial charge in [-0.25, -0.2) is 0 Å². The van der Waals surface area contributed by atoms with Crippen molar-refractivity contribution in [1.29, 1.82) is 0 Å². The van der Waals surface area contributed by atoms with Crippen LogP contribution in [0.2, 0.25) is 0 Å². The van der Waals surface area contributed by atoms with E-state index in [4.69, 9.17) is 9.84 Å². The molecule has 2 N–H and O–H groups in total. The van der Waals surface area contributed by atoms with E-state index in [0.717, 1.165) is 57.6 Å². The number of carboxylic acid groups (broad SMARTS) is 1. The first-order valence-corrected chi connectivity index (χ1v) is 9.52. The number of nitrogens with one attached hydrogen (secondary N) is 1. The van der Waals surface area contributed by atoms with Crippen LogP contribution in [0.1, 0.15) is 45.1 Å². The minimum absolute atomic E-state index is 0.147. The highest BCUT2D eigenvalue weighted by Crippen LogP contribution is 2.24. The van der Waals surface area contributed by atoms with E-state index < -0.39 is 5.97 Å². The van der Waals surface area contributed by atoms with Crippen molar-refractivity contribution in [2.45, 2.75) is 52.1 Å². The summed E-state index contributed by atoms with van der Waals surface area (Å²) < 4.78 is 5.81. The van der Waals surface area contributed by atoms with Gasteiger partial charge in [0.1, 0.15) is 12.4 Å². The van der Waals surface area contributed by atoms with Crippen molar-refractivity contribution in [2.75, 3.05) is 26.2 Å². The molecule has 1 aliphatic carbocycles. The minimum atomic E-state index is -0.643. The number of aliphatic carboxylic acids is 1. The topological polar surface area (TPSA) is 61.8 Å². The molecule has 0 aromatic heterocycles. The molecule has 1 aliphatic rings. The van der Waals surface area contributed by atoms with Crippen molar-refractivity contribution in [3.63, 3.8) is 0 Å². The van der Waals surface area contributed by atoms with E-state index in [9.17, 15) is 4.79 Å². The molecule has 0 radical (unpaired) electrons. The number of hydrogen-bond donors (Lipinski definition) is 2. The summed E-state index contributed by atoms with van der Waals surface area (Å²) in [7, 11) is 0. The lowest BCUT2D eigenvalue weighted by molar-refractivity contribution is -0.142. The van der Waals surface area contributed by atoms with Gasteiger partial charge < -0.3 is 20.1 Å². The van der Waals surface area contributed by atoms with E-state index in [1.54, 1.807) is 0 Å². The number of rotatable bonds is 10. The Hall–Kier alpha value is -1.59. The highest BCUT2D eigenvalue weighted by molar-refractivity contribution is 5.70. The fraction of sp³-hybridized carbons (Fsp3) is 0.650. The van der Waals surface area contributed by atoms with Gasteiger partial charge in [-0.1, -0.05) is 26.0 Å². The van der Waals surface area contributed by atoms with E-state index in [2.05, 4.69) is 36.2 Å². The second-order valence-electron chi connectivity index (χ2n) is 6.79. The molecule has 0 bridgehead atoms. The normalized spacial score (nSPS) is 20.6. The van der Waals surface area contributed by atoms with Crippen LogP contribution in [0.15, 0.2) is 24.3 Å². The van der Waals surface area contributed by atoms with E-state index in [1.165, 1.54) is 5.56 Å². The van der Waals surface area contributed by atoms with Crippen molar-refractivity contribution in [1.82, 2.24) is 10.2 Å². The van der Waals surface area contributed by atoms with E-state index in [-0.39, 0.29) is 5.92 Å². The highest BCUT2D eigenvalue weighted by atomic mass is 16.5. The molecule has 0 heterocycles. The van der Waals surface area contributed by atoms with Crippen LogP contribution >= 0.6 is 0 Å². The lowest BCUT2D eigenvalue weighted by Gasteiger charge is -2.27.